The van der Waals surface area contributed by atoms with Gasteiger partial charge in [-0.05, 0) is 53.1 Å². The number of nitrogens with two attached hydrogens (primary N) is 2. The minimum absolute atomic E-state index is 0.117. The van der Waals surface area contributed by atoms with E-state index in [2.05, 4.69) is 39.3 Å². The van der Waals surface area contributed by atoms with Gasteiger partial charge in [0.25, 0.3) is 0 Å². The van der Waals surface area contributed by atoms with Gasteiger partial charge in [0.2, 0.25) is 0 Å². The average Bonchev–Trinajstić information content (AvgIpc) is 2.79. The number of carbonyl (C=O) groups is 1. The highest BCUT2D eigenvalue weighted by Gasteiger charge is 2.17. The molecule has 0 heterocycles. The van der Waals surface area contributed by atoms with E-state index in [0.717, 1.165) is 0 Å². The predicted molar refractivity (Wildman–Crippen MR) is 137 cm³/mol. The highest BCUT2D eigenvalue weighted by Crippen LogP contribution is 2.16. The molecule has 192 valence electrons. The molecule has 0 aliphatic carbocycles. The normalized spacial score (nSPS) is 14.1. The molecule has 0 aliphatic heterocycles. The first kappa shape index (κ1) is 34.9. The van der Waals surface area contributed by atoms with Gasteiger partial charge in [0.15, 0.2) is 5.78 Å². The van der Waals surface area contributed by atoms with Crippen LogP contribution in [0.1, 0.15) is 69.2 Å². The van der Waals surface area contributed by atoms with Crippen molar-refractivity contribution in [3.05, 3.63) is 0 Å². The Balaban J connectivity index is -0.000000524. The summed E-state index contributed by atoms with van der Waals surface area (Å²) < 4.78 is 0. The van der Waals surface area contributed by atoms with E-state index in [0.29, 0.717) is 49.0 Å². The molecular weight excluding hydrogens is 426 g/mol. The van der Waals surface area contributed by atoms with Crippen molar-refractivity contribution >= 4 is 34.3 Å². The Morgan fingerprint density at radius 1 is 0.606 bits per heavy atom. The Bertz CT molecular complexity index is 693. The first-order valence-corrected chi connectivity index (χ1v) is 10.5. The van der Waals surface area contributed by atoms with E-state index in [1.165, 1.54) is 13.8 Å². The number of ketones is 1. The highest BCUT2D eigenvalue weighted by molar-refractivity contribution is 6.40. The van der Waals surface area contributed by atoms with Crippen LogP contribution >= 0.6 is 0 Å². The van der Waals surface area contributed by atoms with Crippen LogP contribution < -0.4 is 11.5 Å². The van der Waals surface area contributed by atoms with Crippen molar-refractivity contribution in [3.63, 3.8) is 0 Å². The molecule has 0 amide bonds. The largest absolute Gasteiger partial charge is 0.411 e. The predicted octanol–water partition coefficient (Wildman–Crippen LogP) is 2.99. The van der Waals surface area contributed by atoms with E-state index in [9.17, 15) is 4.79 Å². The molecule has 0 aromatic carbocycles. The molecule has 0 unspecified atom stereocenters. The molecule has 0 fully saturated rings. The van der Waals surface area contributed by atoms with Crippen LogP contribution in [-0.4, -0.2) is 76.1 Å². The zero-order chi connectivity index (χ0) is 26.8. The maximum atomic E-state index is 10.1. The SMILES string of the molecule is CC(=NCC(C)(C)CN=C(C)/C(C)=N/O)/C(C)=N/O.CC(=O)/C(C)=N/O.CC(C)(CN)CN. The summed E-state index contributed by atoms with van der Waals surface area (Å²) >= 11 is 0. The van der Waals surface area contributed by atoms with Gasteiger partial charge in [0.05, 0.1) is 22.8 Å². The van der Waals surface area contributed by atoms with E-state index < -0.39 is 0 Å². The zero-order valence-corrected chi connectivity index (χ0v) is 22.0. The van der Waals surface area contributed by atoms with Crippen molar-refractivity contribution in [2.75, 3.05) is 26.2 Å². The standard InChI is InChI=1S/C13H24N4O2.C5H14N2.C4H7NO2/c1-9(11(3)16-18)14-7-13(5,6)8-15-10(2)12(4)17-19;1-5(2,3-6)4-7;1-3(5-7)4(2)6/h18-19H,7-8H2,1-6H3;3-4,6-7H2,1-2H3;7H,1-2H3/b14-9?,15-10?,16-11+,17-12+;;5-3+. The van der Waals surface area contributed by atoms with Crippen LogP contribution in [0.4, 0.5) is 0 Å². The smallest absolute Gasteiger partial charge is 0.177 e. The number of hydrogen-bond donors (Lipinski definition) is 5. The van der Waals surface area contributed by atoms with Gasteiger partial charge in [-0.3, -0.25) is 14.8 Å². The second kappa shape index (κ2) is 17.8. The second-order valence-electron chi connectivity index (χ2n) is 9.15. The molecule has 7 N–H and O–H groups in total. The van der Waals surface area contributed by atoms with Gasteiger partial charge >= 0.3 is 0 Å². The molecule has 0 spiro atoms. The molecule has 0 saturated heterocycles. The van der Waals surface area contributed by atoms with Crippen LogP contribution in [0.25, 0.3) is 0 Å². The van der Waals surface area contributed by atoms with E-state index in [4.69, 9.17) is 27.1 Å². The molecule has 0 aromatic heterocycles. The summed E-state index contributed by atoms with van der Waals surface area (Å²) in [6.45, 7) is 20.5. The third-order valence-corrected chi connectivity index (χ3v) is 4.60. The monoisotopic (exact) mass is 471 g/mol. The Labute approximate surface area is 198 Å². The van der Waals surface area contributed by atoms with E-state index in [1.54, 1.807) is 13.8 Å². The average molecular weight is 472 g/mol. The van der Waals surface area contributed by atoms with Gasteiger partial charge < -0.3 is 27.1 Å². The molecule has 0 aromatic rings. The minimum atomic E-state index is -0.206. The summed E-state index contributed by atoms with van der Waals surface area (Å²) in [6, 6.07) is 0. The number of rotatable bonds is 9. The lowest BCUT2D eigenvalue weighted by Crippen LogP contribution is -2.31. The fourth-order valence-electron chi connectivity index (χ4n) is 1.24. The molecule has 0 bridgehead atoms. The maximum absolute atomic E-state index is 10.1. The van der Waals surface area contributed by atoms with Gasteiger partial charge in [0, 0.05) is 25.4 Å². The number of oxime groups is 3. The van der Waals surface area contributed by atoms with Gasteiger partial charge in [0.1, 0.15) is 5.71 Å². The number of nitrogens with zero attached hydrogens (tertiary/aromatic N) is 5. The van der Waals surface area contributed by atoms with Crippen molar-refractivity contribution in [2.45, 2.75) is 69.2 Å². The summed E-state index contributed by atoms with van der Waals surface area (Å²) in [7, 11) is 0. The summed E-state index contributed by atoms with van der Waals surface area (Å²) in [5, 5.41) is 34.0. The van der Waals surface area contributed by atoms with E-state index in [-0.39, 0.29) is 22.3 Å². The van der Waals surface area contributed by atoms with Crippen molar-refractivity contribution in [2.24, 2.45) is 47.7 Å². The first-order valence-electron chi connectivity index (χ1n) is 10.5. The lowest BCUT2D eigenvalue weighted by molar-refractivity contribution is -0.111. The minimum Gasteiger partial charge on any atom is -0.411 e. The third-order valence-electron chi connectivity index (χ3n) is 4.60. The zero-order valence-electron chi connectivity index (χ0n) is 22.0. The highest BCUT2D eigenvalue weighted by atomic mass is 16.4. The van der Waals surface area contributed by atoms with Crippen molar-refractivity contribution in [1.29, 1.82) is 0 Å². The fourth-order valence-corrected chi connectivity index (χ4v) is 1.24. The molecule has 0 saturated carbocycles. The van der Waals surface area contributed by atoms with Crippen molar-refractivity contribution < 1.29 is 20.4 Å². The summed E-state index contributed by atoms with van der Waals surface area (Å²) in [6.07, 6.45) is 0. The van der Waals surface area contributed by atoms with Crippen LogP contribution in [0.3, 0.4) is 0 Å². The molecule has 0 radical (unpaired) electrons. The van der Waals surface area contributed by atoms with Crippen molar-refractivity contribution in [3.8, 4) is 0 Å². The number of Topliss-reactive ketones (excluding diaryl/α,β-unsaturated/α-hetero) is 1. The molecule has 11 heteroatoms. The van der Waals surface area contributed by atoms with Crippen molar-refractivity contribution in [1.82, 2.24) is 0 Å². The summed E-state index contributed by atoms with van der Waals surface area (Å²) in [5.41, 5.74) is 13.3. The van der Waals surface area contributed by atoms with Gasteiger partial charge in [-0.2, -0.15) is 0 Å². The lowest BCUT2D eigenvalue weighted by atomic mass is 9.93. The molecule has 11 nitrogen and oxygen atoms in total. The van der Waals surface area contributed by atoms with Crippen LogP contribution in [0.5, 0.6) is 0 Å². The Kier molecular flexibility index (Phi) is 18.9. The molecule has 0 rings (SSSR count). The van der Waals surface area contributed by atoms with Crippen LogP contribution in [0.2, 0.25) is 0 Å². The Hall–Kier alpha value is -2.66. The lowest BCUT2D eigenvalue weighted by Gasteiger charge is -2.20. The number of aliphatic imine (C=N–C) groups is 2. The van der Waals surface area contributed by atoms with Gasteiger partial charge in [-0.1, -0.05) is 43.2 Å². The van der Waals surface area contributed by atoms with Crippen LogP contribution in [0.15, 0.2) is 25.5 Å². The third kappa shape index (κ3) is 19.7. The topological polar surface area (TPSA) is 192 Å². The van der Waals surface area contributed by atoms with Gasteiger partial charge in [-0.15, -0.1) is 0 Å². The Morgan fingerprint density at radius 2 is 0.909 bits per heavy atom. The molecule has 0 aliphatic rings. The summed E-state index contributed by atoms with van der Waals surface area (Å²) in [5.74, 6) is -0.206. The van der Waals surface area contributed by atoms with E-state index >= 15 is 0 Å². The number of hydrogen-bond acceptors (Lipinski definition) is 11. The molecular formula is C22H45N7O4. The van der Waals surface area contributed by atoms with Crippen LogP contribution in [0, 0.1) is 10.8 Å². The molecule has 33 heavy (non-hydrogen) atoms. The quantitative estimate of drug-likeness (QED) is 0.195. The number of carbonyl (C=O) groups excluding carboxylic acids is 1. The fraction of sp³-hybridized carbons (Fsp3) is 0.727. The first-order chi connectivity index (χ1) is 15.0. The Morgan fingerprint density at radius 3 is 1.06 bits per heavy atom. The van der Waals surface area contributed by atoms with Crippen LogP contribution in [-0.2, 0) is 4.79 Å². The second-order valence-corrected chi connectivity index (χ2v) is 9.15. The van der Waals surface area contributed by atoms with E-state index in [1.807, 2.05) is 27.7 Å². The van der Waals surface area contributed by atoms with Gasteiger partial charge in [-0.25, -0.2) is 0 Å². The molecule has 0 atom stereocenters. The summed E-state index contributed by atoms with van der Waals surface area (Å²) in [4.78, 5) is 18.9. The maximum Gasteiger partial charge on any atom is 0.177 e.